The minimum Gasteiger partial charge on any atom is -0.379 e. The number of benzene rings is 1. The fraction of sp³-hybridized carbons (Fsp3) is 0.471. The molecule has 0 amide bonds. The third kappa shape index (κ3) is 4.75. The Balaban J connectivity index is 1.67. The van der Waals surface area contributed by atoms with Gasteiger partial charge in [0, 0.05) is 48.3 Å². The molecule has 0 aliphatic carbocycles. The Kier molecular flexibility index (Phi) is 6.02. The van der Waals surface area contributed by atoms with E-state index in [4.69, 9.17) is 16.3 Å². The van der Waals surface area contributed by atoms with Crippen LogP contribution < -0.4 is 5.32 Å². The topological polar surface area (TPSA) is 37.4 Å². The fourth-order valence-electron chi connectivity index (χ4n) is 2.88. The van der Waals surface area contributed by atoms with E-state index in [2.05, 4.69) is 27.3 Å². The van der Waals surface area contributed by atoms with Crippen LogP contribution in [0, 0.1) is 6.92 Å². The van der Waals surface area contributed by atoms with Gasteiger partial charge in [0.25, 0.3) is 0 Å². The second kappa shape index (κ2) is 8.22. The van der Waals surface area contributed by atoms with Crippen molar-refractivity contribution in [1.29, 1.82) is 0 Å². The van der Waals surface area contributed by atoms with Crippen molar-refractivity contribution in [2.75, 3.05) is 32.8 Å². The van der Waals surface area contributed by atoms with E-state index in [0.717, 1.165) is 49.4 Å². The Labute approximate surface area is 146 Å². The maximum absolute atomic E-state index is 6.19. The predicted molar refractivity (Wildman–Crippen MR) is 95.1 cm³/mol. The van der Waals surface area contributed by atoms with Crippen molar-refractivity contribution in [2.45, 2.75) is 19.5 Å². The molecule has 2 aromatic rings. The lowest BCUT2D eigenvalue weighted by molar-refractivity contribution is 0.0161. The van der Waals surface area contributed by atoms with Crippen LogP contribution in [0.1, 0.15) is 21.5 Å². The van der Waals surface area contributed by atoms with Gasteiger partial charge in [-0.15, -0.1) is 11.3 Å². The van der Waals surface area contributed by atoms with E-state index in [-0.39, 0.29) is 0 Å². The van der Waals surface area contributed by atoms with Gasteiger partial charge in [-0.05, 0) is 24.6 Å². The van der Waals surface area contributed by atoms with E-state index >= 15 is 0 Å². The highest BCUT2D eigenvalue weighted by atomic mass is 35.5. The smallest absolute Gasteiger partial charge is 0.0897 e. The molecular formula is C17H22ClN3OS. The van der Waals surface area contributed by atoms with Gasteiger partial charge in [0.15, 0.2) is 0 Å². The molecule has 124 valence electrons. The lowest BCUT2D eigenvalue weighted by atomic mass is 10.0. The number of hydrogen-bond acceptors (Lipinski definition) is 5. The van der Waals surface area contributed by atoms with Crippen LogP contribution in [-0.4, -0.2) is 42.7 Å². The number of nitrogens with zero attached hydrogens (tertiary/aromatic N) is 2. The number of morpholine rings is 1. The molecule has 1 atom stereocenters. The summed E-state index contributed by atoms with van der Waals surface area (Å²) in [7, 11) is 0. The molecule has 1 unspecified atom stereocenters. The number of rotatable bonds is 6. The van der Waals surface area contributed by atoms with Crippen LogP contribution in [0.15, 0.2) is 30.5 Å². The summed E-state index contributed by atoms with van der Waals surface area (Å²) in [5.74, 6) is 0. The normalized spacial score (nSPS) is 17.3. The first-order chi connectivity index (χ1) is 11.2. The predicted octanol–water partition coefficient (Wildman–Crippen LogP) is 3.27. The lowest BCUT2D eigenvalue weighted by Gasteiger charge is -2.35. The summed E-state index contributed by atoms with van der Waals surface area (Å²) in [6.45, 7) is 7.29. The number of aryl methyl sites for hydroxylation is 1. The first-order valence-corrected chi connectivity index (χ1v) is 9.11. The van der Waals surface area contributed by atoms with E-state index < -0.39 is 0 Å². The zero-order chi connectivity index (χ0) is 16.1. The summed E-state index contributed by atoms with van der Waals surface area (Å²) in [6.07, 6.45) is 1.95. The van der Waals surface area contributed by atoms with E-state index in [1.165, 1.54) is 10.4 Å². The minimum absolute atomic E-state index is 0.312. The van der Waals surface area contributed by atoms with Gasteiger partial charge in [-0.25, -0.2) is 4.98 Å². The molecule has 1 aromatic heterocycles. The van der Waals surface area contributed by atoms with E-state index in [1.807, 2.05) is 25.3 Å². The van der Waals surface area contributed by atoms with Crippen molar-refractivity contribution >= 4 is 22.9 Å². The number of hydrogen-bond donors (Lipinski definition) is 1. The van der Waals surface area contributed by atoms with Crippen molar-refractivity contribution in [3.8, 4) is 0 Å². The largest absolute Gasteiger partial charge is 0.379 e. The summed E-state index contributed by atoms with van der Waals surface area (Å²) >= 11 is 7.94. The Morgan fingerprint density at radius 1 is 1.39 bits per heavy atom. The monoisotopic (exact) mass is 351 g/mol. The van der Waals surface area contributed by atoms with Gasteiger partial charge in [0.05, 0.1) is 18.2 Å². The van der Waals surface area contributed by atoms with Crippen LogP contribution in [0.25, 0.3) is 0 Å². The molecule has 1 aromatic carbocycles. The molecule has 0 saturated carbocycles. The molecule has 2 heterocycles. The van der Waals surface area contributed by atoms with Crippen molar-refractivity contribution in [3.05, 3.63) is 50.9 Å². The molecule has 0 bridgehead atoms. The summed E-state index contributed by atoms with van der Waals surface area (Å²) in [5, 5.41) is 5.48. The second-order valence-electron chi connectivity index (χ2n) is 5.70. The standard InChI is InChI=1S/C17H22ClN3OS/c1-13-20-11-16(23-13)10-19-12-17(21-5-7-22-8-6-21)14-3-2-4-15(18)9-14/h2-4,9,11,17,19H,5-8,10,12H2,1H3. The van der Waals surface area contributed by atoms with Crippen LogP contribution in [0.5, 0.6) is 0 Å². The highest BCUT2D eigenvalue weighted by molar-refractivity contribution is 7.11. The Morgan fingerprint density at radius 2 is 2.22 bits per heavy atom. The van der Waals surface area contributed by atoms with Crippen LogP contribution >= 0.6 is 22.9 Å². The maximum Gasteiger partial charge on any atom is 0.0897 e. The maximum atomic E-state index is 6.19. The highest BCUT2D eigenvalue weighted by Crippen LogP contribution is 2.24. The van der Waals surface area contributed by atoms with Gasteiger partial charge in [0.2, 0.25) is 0 Å². The van der Waals surface area contributed by atoms with Gasteiger partial charge in [-0.1, -0.05) is 23.7 Å². The molecule has 1 aliphatic heterocycles. The van der Waals surface area contributed by atoms with Gasteiger partial charge >= 0.3 is 0 Å². The van der Waals surface area contributed by atoms with Crippen LogP contribution in [0.2, 0.25) is 5.02 Å². The summed E-state index contributed by atoms with van der Waals surface area (Å²) in [4.78, 5) is 8.05. The number of halogens is 1. The third-order valence-electron chi connectivity index (χ3n) is 4.03. The Hall–Kier alpha value is -0.980. The van der Waals surface area contributed by atoms with Gasteiger partial charge in [-0.2, -0.15) is 0 Å². The molecule has 1 saturated heterocycles. The zero-order valence-corrected chi connectivity index (χ0v) is 14.9. The molecule has 23 heavy (non-hydrogen) atoms. The highest BCUT2D eigenvalue weighted by Gasteiger charge is 2.22. The average Bonchev–Trinajstić information content (AvgIpc) is 2.98. The number of thiazole rings is 1. The number of aromatic nitrogens is 1. The van der Waals surface area contributed by atoms with Crippen LogP contribution in [0.4, 0.5) is 0 Å². The molecule has 0 spiro atoms. The lowest BCUT2D eigenvalue weighted by Crippen LogP contribution is -2.42. The molecular weight excluding hydrogens is 330 g/mol. The number of ether oxygens (including phenoxy) is 1. The molecule has 1 fully saturated rings. The second-order valence-corrected chi connectivity index (χ2v) is 7.45. The first-order valence-electron chi connectivity index (χ1n) is 7.91. The van der Waals surface area contributed by atoms with Gasteiger partial charge < -0.3 is 10.1 Å². The SMILES string of the molecule is Cc1ncc(CNCC(c2cccc(Cl)c2)N2CCOCC2)s1. The third-order valence-corrected chi connectivity index (χ3v) is 5.17. The summed E-state index contributed by atoms with van der Waals surface area (Å²) in [5.41, 5.74) is 1.26. The number of nitrogens with one attached hydrogen (secondary N) is 1. The first kappa shape index (κ1) is 16.9. The van der Waals surface area contributed by atoms with Gasteiger partial charge in [0.1, 0.15) is 0 Å². The molecule has 1 N–H and O–H groups in total. The molecule has 4 nitrogen and oxygen atoms in total. The molecule has 0 radical (unpaired) electrons. The zero-order valence-electron chi connectivity index (χ0n) is 13.3. The van der Waals surface area contributed by atoms with Crippen LogP contribution in [0.3, 0.4) is 0 Å². The molecule has 1 aliphatic rings. The van der Waals surface area contributed by atoms with Crippen molar-refractivity contribution in [1.82, 2.24) is 15.2 Å². The quantitative estimate of drug-likeness (QED) is 0.866. The summed E-state index contributed by atoms with van der Waals surface area (Å²) < 4.78 is 5.49. The van der Waals surface area contributed by atoms with E-state index in [1.54, 1.807) is 11.3 Å². The van der Waals surface area contributed by atoms with Crippen molar-refractivity contribution in [2.24, 2.45) is 0 Å². The summed E-state index contributed by atoms with van der Waals surface area (Å²) in [6, 6.07) is 8.49. The Bertz CT molecular complexity index is 628. The van der Waals surface area contributed by atoms with Crippen molar-refractivity contribution < 1.29 is 4.74 Å². The van der Waals surface area contributed by atoms with Crippen molar-refractivity contribution in [3.63, 3.8) is 0 Å². The van der Waals surface area contributed by atoms with E-state index in [9.17, 15) is 0 Å². The van der Waals surface area contributed by atoms with Crippen LogP contribution in [-0.2, 0) is 11.3 Å². The Morgan fingerprint density at radius 3 is 2.91 bits per heavy atom. The minimum atomic E-state index is 0.312. The fourth-order valence-corrected chi connectivity index (χ4v) is 3.84. The van der Waals surface area contributed by atoms with Gasteiger partial charge in [-0.3, -0.25) is 4.90 Å². The van der Waals surface area contributed by atoms with E-state index in [0.29, 0.717) is 6.04 Å². The molecule has 6 heteroatoms. The molecule has 3 rings (SSSR count). The average molecular weight is 352 g/mol.